The zero-order chi connectivity index (χ0) is 22.2. The second-order valence-electron chi connectivity index (χ2n) is 7.52. The number of hydrogen-bond donors (Lipinski definition) is 0. The van der Waals surface area contributed by atoms with Crippen LogP contribution in [0.5, 0.6) is 0 Å². The summed E-state index contributed by atoms with van der Waals surface area (Å²) in [5.74, 6) is 0. The minimum absolute atomic E-state index is 0.632. The maximum Gasteiger partial charge on any atom is 0.500 e. The molecule has 0 rings (SSSR count). The molecule has 0 aliphatic rings. The quantitative estimate of drug-likeness (QED) is 0.218. The van der Waals surface area contributed by atoms with E-state index >= 15 is 0 Å². The Balaban J connectivity index is 5.34. The van der Waals surface area contributed by atoms with Gasteiger partial charge in [0.2, 0.25) is 0 Å². The van der Waals surface area contributed by atoms with Crippen molar-refractivity contribution in [2.45, 2.75) is 91.7 Å². The molecule has 0 N–H and O–H groups in total. The average molecular weight is 469 g/mol. The summed E-state index contributed by atoms with van der Waals surface area (Å²) in [6.45, 7) is 20.7. The van der Waals surface area contributed by atoms with Crippen LogP contribution < -0.4 is 0 Å². The van der Waals surface area contributed by atoms with Gasteiger partial charge in [-0.1, -0.05) is 38.0 Å². The third kappa shape index (κ3) is 11.0. The van der Waals surface area contributed by atoms with Crippen molar-refractivity contribution < 1.29 is 26.6 Å². The zero-order valence-corrected chi connectivity index (χ0v) is 23.4. The molecule has 0 aromatic heterocycles. The first-order valence-electron chi connectivity index (χ1n) is 11.7. The third-order valence-electron chi connectivity index (χ3n) is 5.11. The molecule has 0 aromatic rings. The van der Waals surface area contributed by atoms with Crippen LogP contribution in [-0.4, -0.2) is 65.3 Å². The Labute approximate surface area is 183 Å². The second kappa shape index (κ2) is 16.1. The summed E-state index contributed by atoms with van der Waals surface area (Å²) in [4.78, 5) is 0. The normalized spacial score (nSPS) is 13.2. The van der Waals surface area contributed by atoms with E-state index in [1.54, 1.807) is 0 Å². The van der Waals surface area contributed by atoms with Crippen LogP contribution in [0.25, 0.3) is 0 Å². The molecule has 0 bridgehead atoms. The molecule has 0 atom stereocenters. The van der Waals surface area contributed by atoms with Crippen molar-refractivity contribution >= 4 is 25.7 Å². The van der Waals surface area contributed by atoms with Gasteiger partial charge in [0.25, 0.3) is 0 Å². The minimum atomic E-state index is -2.60. The monoisotopic (exact) mass is 468 g/mol. The summed E-state index contributed by atoms with van der Waals surface area (Å²) in [6, 6.07) is 5.36. The summed E-state index contributed by atoms with van der Waals surface area (Å²) in [7, 11) is -6.76. The van der Waals surface area contributed by atoms with Gasteiger partial charge in [-0.15, -0.1) is 0 Å². The molecule has 0 aliphatic heterocycles. The molecule has 0 unspecified atom stereocenters. The Bertz CT molecular complexity index is 336. The summed E-state index contributed by atoms with van der Waals surface area (Å²) in [5, 5.41) is 0. The molecule has 0 radical (unpaired) electrons. The first-order valence-corrected chi connectivity index (χ1v) is 18.7. The Morgan fingerprint density at radius 2 is 0.690 bits per heavy atom. The van der Waals surface area contributed by atoms with Gasteiger partial charge in [-0.25, -0.2) is 0 Å². The fraction of sp³-hybridized carbons (Fsp3) is 1.00. The summed E-state index contributed by atoms with van der Waals surface area (Å²) >= 11 is 0. The first-order chi connectivity index (χ1) is 13.8. The van der Waals surface area contributed by atoms with E-state index in [1.807, 2.05) is 41.5 Å². The molecule has 176 valence electrons. The van der Waals surface area contributed by atoms with Crippen molar-refractivity contribution in [1.29, 1.82) is 0 Å². The van der Waals surface area contributed by atoms with Crippen molar-refractivity contribution in [2.75, 3.05) is 39.6 Å². The highest BCUT2D eigenvalue weighted by Gasteiger charge is 2.46. The lowest BCUT2D eigenvalue weighted by atomic mass is 10.6. The van der Waals surface area contributed by atoms with E-state index in [0.717, 1.165) is 24.2 Å². The van der Waals surface area contributed by atoms with Crippen LogP contribution in [0.2, 0.25) is 36.8 Å². The maximum atomic E-state index is 6.10. The van der Waals surface area contributed by atoms with Crippen LogP contribution in [0, 0.1) is 0 Å². The van der Waals surface area contributed by atoms with Crippen LogP contribution in [0.1, 0.15) is 54.9 Å². The van der Waals surface area contributed by atoms with Crippen molar-refractivity contribution in [3.63, 3.8) is 0 Å². The molecule has 0 aliphatic carbocycles. The van der Waals surface area contributed by atoms with Gasteiger partial charge in [-0.05, 0) is 41.5 Å². The lowest BCUT2D eigenvalue weighted by Crippen LogP contribution is -2.49. The smallest absolute Gasteiger partial charge is 0.374 e. The molecule has 0 saturated heterocycles. The van der Waals surface area contributed by atoms with Crippen LogP contribution in [0.15, 0.2) is 0 Å². The van der Waals surface area contributed by atoms with E-state index in [-0.39, 0.29) is 0 Å². The Morgan fingerprint density at radius 3 is 0.897 bits per heavy atom. The van der Waals surface area contributed by atoms with E-state index < -0.39 is 25.7 Å². The zero-order valence-electron chi connectivity index (χ0n) is 20.4. The van der Waals surface area contributed by atoms with Gasteiger partial charge in [0, 0.05) is 51.7 Å². The Morgan fingerprint density at radius 1 is 0.414 bits per heavy atom. The fourth-order valence-electron chi connectivity index (χ4n) is 3.89. The second-order valence-corrected chi connectivity index (χ2v) is 18.1. The van der Waals surface area contributed by atoms with E-state index in [0.29, 0.717) is 39.6 Å². The third-order valence-corrected chi connectivity index (χ3v) is 16.8. The molecule has 0 heterocycles. The van der Waals surface area contributed by atoms with Gasteiger partial charge >= 0.3 is 17.6 Å². The van der Waals surface area contributed by atoms with Gasteiger partial charge in [-0.3, -0.25) is 0 Å². The fourth-order valence-corrected chi connectivity index (χ4v) is 17.1. The van der Waals surface area contributed by atoms with E-state index in [1.165, 1.54) is 12.5 Å². The minimum Gasteiger partial charge on any atom is -0.374 e. The highest BCUT2D eigenvalue weighted by Crippen LogP contribution is 2.33. The van der Waals surface area contributed by atoms with Crippen LogP contribution in [0.3, 0.4) is 0 Å². The summed E-state index contributed by atoms with van der Waals surface area (Å²) < 4.78 is 36.6. The molecule has 0 fully saturated rings. The Kier molecular flexibility index (Phi) is 16.3. The largest absolute Gasteiger partial charge is 0.500 e. The molecule has 0 aromatic carbocycles. The predicted molar refractivity (Wildman–Crippen MR) is 127 cm³/mol. The van der Waals surface area contributed by atoms with Gasteiger partial charge in [0.1, 0.15) is 0 Å². The van der Waals surface area contributed by atoms with Gasteiger partial charge in [0.15, 0.2) is 0 Å². The molecule has 0 spiro atoms. The first kappa shape index (κ1) is 29.4. The van der Waals surface area contributed by atoms with Crippen molar-refractivity contribution in [3.8, 4) is 0 Å². The standard InChI is InChI=1S/C20H48O6Si3/c1-9-16-27(8,17-19-28(21-10-2,22-11-3)23-12-4)18-20-29(24-13-5,25-14-6)26-15-7/h9-20H2,1-8H3. The van der Waals surface area contributed by atoms with Gasteiger partial charge in [0.05, 0.1) is 8.07 Å². The van der Waals surface area contributed by atoms with Gasteiger partial charge < -0.3 is 26.6 Å². The Hall–Kier alpha value is 0.411. The molecule has 6 nitrogen and oxygen atoms in total. The molecule has 0 amide bonds. The van der Waals surface area contributed by atoms with E-state index in [2.05, 4.69) is 13.5 Å². The lowest BCUT2D eigenvalue weighted by Gasteiger charge is -2.35. The molecular weight excluding hydrogens is 420 g/mol. The van der Waals surface area contributed by atoms with Crippen molar-refractivity contribution in [3.05, 3.63) is 0 Å². The van der Waals surface area contributed by atoms with Crippen LogP contribution in [-0.2, 0) is 26.6 Å². The van der Waals surface area contributed by atoms with E-state index in [9.17, 15) is 0 Å². The van der Waals surface area contributed by atoms with Crippen molar-refractivity contribution in [1.82, 2.24) is 0 Å². The predicted octanol–water partition coefficient (Wildman–Crippen LogP) is 5.57. The van der Waals surface area contributed by atoms with Crippen LogP contribution >= 0.6 is 0 Å². The number of rotatable bonds is 20. The summed E-state index contributed by atoms with van der Waals surface area (Å²) in [5.41, 5.74) is 0. The SMILES string of the molecule is CCC[Si](C)(CC[Si](OCC)(OCC)OCC)CC[Si](OCC)(OCC)OCC. The van der Waals surface area contributed by atoms with Crippen LogP contribution in [0.4, 0.5) is 0 Å². The van der Waals surface area contributed by atoms with Crippen molar-refractivity contribution in [2.24, 2.45) is 0 Å². The molecular formula is C20H48O6Si3. The van der Waals surface area contributed by atoms with Gasteiger partial charge in [-0.2, -0.15) is 0 Å². The van der Waals surface area contributed by atoms with E-state index in [4.69, 9.17) is 26.6 Å². The highest BCUT2D eigenvalue weighted by atomic mass is 28.4. The highest BCUT2D eigenvalue weighted by molar-refractivity contribution is 6.81. The lowest BCUT2D eigenvalue weighted by molar-refractivity contribution is 0.0722. The molecule has 0 saturated carbocycles. The topological polar surface area (TPSA) is 55.4 Å². The molecule has 9 heteroatoms. The maximum absolute atomic E-state index is 6.10. The summed E-state index contributed by atoms with van der Waals surface area (Å²) in [6.07, 6.45) is 1.20. The molecule has 29 heavy (non-hydrogen) atoms. The number of hydrogen-bond acceptors (Lipinski definition) is 6. The average Bonchev–Trinajstić information content (AvgIpc) is 2.67.